The summed E-state index contributed by atoms with van der Waals surface area (Å²) in [6.07, 6.45) is 2.05. The Balaban J connectivity index is 1.87. The van der Waals surface area contributed by atoms with Gasteiger partial charge in [0.25, 0.3) is 0 Å². The Morgan fingerprint density at radius 1 is 1.04 bits per heavy atom. The number of aryl methyl sites for hydroxylation is 2. The zero-order valence-corrected chi connectivity index (χ0v) is 15.6. The van der Waals surface area contributed by atoms with Gasteiger partial charge in [0.05, 0.1) is 12.0 Å². The first-order valence-electron chi connectivity index (χ1n) is 8.16. The molecule has 0 aromatic heterocycles. The molecule has 0 saturated carbocycles. The molecule has 0 spiro atoms. The molecule has 3 rings (SSSR count). The first-order valence-corrected chi connectivity index (χ1v) is 9.57. The second-order valence-electron chi connectivity index (χ2n) is 6.04. The molecular formula is C19H18F2O5S. The highest BCUT2D eigenvalue weighted by molar-refractivity contribution is 7.91. The van der Waals surface area contributed by atoms with E-state index in [4.69, 9.17) is 8.92 Å². The summed E-state index contributed by atoms with van der Waals surface area (Å²) in [5, 5.41) is 0. The average molecular weight is 396 g/mol. The third-order valence-electron chi connectivity index (χ3n) is 4.14. The lowest BCUT2D eigenvalue weighted by Gasteiger charge is -2.18. The maximum atomic E-state index is 12.7. The smallest absolute Gasteiger partial charge is 0.387 e. The minimum atomic E-state index is -4.02. The van der Waals surface area contributed by atoms with Crippen molar-refractivity contribution >= 4 is 16.2 Å². The highest BCUT2D eigenvalue weighted by Gasteiger charge is 2.25. The van der Waals surface area contributed by atoms with Crippen molar-refractivity contribution in [3.8, 4) is 17.2 Å². The van der Waals surface area contributed by atoms with Crippen molar-refractivity contribution in [2.45, 2.75) is 26.4 Å². The van der Waals surface area contributed by atoms with Crippen LogP contribution in [-0.4, -0.2) is 22.1 Å². The number of benzene rings is 2. The summed E-state index contributed by atoms with van der Waals surface area (Å²) in [7, 11) is -2.59. The van der Waals surface area contributed by atoms with Gasteiger partial charge in [-0.15, -0.1) is 0 Å². The van der Waals surface area contributed by atoms with E-state index in [0.717, 1.165) is 11.1 Å². The van der Waals surface area contributed by atoms with E-state index in [9.17, 15) is 17.2 Å². The first kappa shape index (κ1) is 19.2. The Hall–Kier alpha value is -2.61. The van der Waals surface area contributed by atoms with Crippen molar-refractivity contribution in [1.82, 2.24) is 0 Å². The van der Waals surface area contributed by atoms with Crippen molar-refractivity contribution in [3.05, 3.63) is 58.0 Å². The molecule has 5 nitrogen and oxygen atoms in total. The van der Waals surface area contributed by atoms with E-state index in [1.165, 1.54) is 31.4 Å². The van der Waals surface area contributed by atoms with Crippen molar-refractivity contribution in [2.75, 3.05) is 7.11 Å². The third-order valence-corrected chi connectivity index (χ3v) is 5.50. The Bertz CT molecular complexity index is 984. The molecule has 2 aromatic carbocycles. The van der Waals surface area contributed by atoms with Crippen LogP contribution in [0.4, 0.5) is 8.78 Å². The van der Waals surface area contributed by atoms with Crippen LogP contribution < -0.4 is 13.7 Å². The molecular weight excluding hydrogens is 378 g/mol. The van der Waals surface area contributed by atoms with Gasteiger partial charge in [0, 0.05) is 0 Å². The molecule has 2 aromatic rings. The van der Waals surface area contributed by atoms with Crippen LogP contribution in [0.15, 0.2) is 41.3 Å². The van der Waals surface area contributed by atoms with Crippen LogP contribution in [0.5, 0.6) is 17.2 Å². The lowest BCUT2D eigenvalue weighted by atomic mass is 9.97. The summed E-state index contributed by atoms with van der Waals surface area (Å²) < 4.78 is 64.8. The largest absolute Gasteiger partial charge is 0.493 e. The van der Waals surface area contributed by atoms with Crippen LogP contribution >= 0.6 is 0 Å². The lowest BCUT2D eigenvalue weighted by molar-refractivity contribution is -0.0498. The highest BCUT2D eigenvalue weighted by atomic mass is 32.2. The maximum Gasteiger partial charge on any atom is 0.387 e. The minimum absolute atomic E-state index is 0.0455. The molecule has 0 aliphatic heterocycles. The van der Waals surface area contributed by atoms with E-state index < -0.39 is 16.7 Å². The molecule has 0 bridgehead atoms. The number of hydrogen-bond donors (Lipinski definition) is 0. The van der Waals surface area contributed by atoms with E-state index >= 15 is 0 Å². The average Bonchev–Trinajstić information content (AvgIpc) is 2.62. The molecule has 1 aliphatic rings. The third kappa shape index (κ3) is 4.39. The van der Waals surface area contributed by atoms with Crippen molar-refractivity contribution in [3.63, 3.8) is 0 Å². The van der Waals surface area contributed by atoms with Gasteiger partial charge in [-0.05, 0) is 66.8 Å². The van der Waals surface area contributed by atoms with Gasteiger partial charge in [-0.2, -0.15) is 17.2 Å². The van der Waals surface area contributed by atoms with Gasteiger partial charge in [0.15, 0.2) is 11.5 Å². The zero-order valence-electron chi connectivity index (χ0n) is 14.7. The van der Waals surface area contributed by atoms with Crippen LogP contribution in [0.25, 0.3) is 6.08 Å². The highest BCUT2D eigenvalue weighted by Crippen LogP contribution is 2.34. The number of allylic oxidation sites excluding steroid dienone is 1. The Morgan fingerprint density at radius 3 is 2.52 bits per heavy atom. The Morgan fingerprint density at radius 2 is 1.81 bits per heavy atom. The lowest BCUT2D eigenvalue weighted by Crippen LogP contribution is -2.15. The molecule has 0 amide bonds. The van der Waals surface area contributed by atoms with Crippen LogP contribution in [0.1, 0.15) is 23.1 Å². The molecule has 8 heteroatoms. The van der Waals surface area contributed by atoms with Gasteiger partial charge in [-0.25, -0.2) is 0 Å². The number of halogens is 2. The number of rotatable bonds is 6. The number of fused-ring (bicyclic) bond motifs is 1. The summed E-state index contributed by atoms with van der Waals surface area (Å²) in [5.74, 6) is 0.476. The first-order chi connectivity index (χ1) is 12.8. The summed E-state index contributed by atoms with van der Waals surface area (Å²) in [6.45, 7) is -1.05. The maximum absolute atomic E-state index is 12.7. The SMILES string of the molecule is COc1cc(C)ccc1OS(=O)(=O)C1=Cc2ccc(OC(F)F)cc2CC1. The summed E-state index contributed by atoms with van der Waals surface area (Å²) >= 11 is 0. The molecule has 1 aliphatic carbocycles. The fourth-order valence-electron chi connectivity index (χ4n) is 2.83. The summed E-state index contributed by atoms with van der Waals surface area (Å²) in [6, 6.07) is 9.36. The van der Waals surface area contributed by atoms with Gasteiger partial charge in [0.1, 0.15) is 5.75 Å². The summed E-state index contributed by atoms with van der Waals surface area (Å²) in [4.78, 5) is 0.111. The van der Waals surface area contributed by atoms with Gasteiger partial charge in [-0.1, -0.05) is 12.1 Å². The van der Waals surface area contributed by atoms with E-state index in [0.29, 0.717) is 17.7 Å². The van der Waals surface area contributed by atoms with Crippen LogP contribution in [-0.2, 0) is 16.5 Å². The Labute approximate surface area is 156 Å². The number of ether oxygens (including phenoxy) is 2. The van der Waals surface area contributed by atoms with E-state index in [1.807, 2.05) is 6.92 Å². The second kappa shape index (κ2) is 7.56. The van der Waals surface area contributed by atoms with E-state index in [-0.39, 0.29) is 22.8 Å². The molecule has 0 heterocycles. The molecule has 0 N–H and O–H groups in total. The van der Waals surface area contributed by atoms with E-state index in [2.05, 4.69) is 4.74 Å². The second-order valence-corrected chi connectivity index (χ2v) is 7.64. The zero-order chi connectivity index (χ0) is 19.6. The number of alkyl halides is 2. The quantitative estimate of drug-likeness (QED) is 0.682. The fraction of sp³-hybridized carbons (Fsp3) is 0.263. The normalized spacial score (nSPS) is 13.7. The van der Waals surface area contributed by atoms with Crippen LogP contribution in [0.3, 0.4) is 0 Å². The number of hydrogen-bond acceptors (Lipinski definition) is 5. The topological polar surface area (TPSA) is 61.8 Å². The molecule has 144 valence electrons. The predicted molar refractivity (Wildman–Crippen MR) is 96.7 cm³/mol. The monoisotopic (exact) mass is 396 g/mol. The molecule has 0 unspecified atom stereocenters. The van der Waals surface area contributed by atoms with Crippen molar-refractivity contribution in [2.24, 2.45) is 0 Å². The van der Waals surface area contributed by atoms with Gasteiger partial charge in [0.2, 0.25) is 0 Å². The van der Waals surface area contributed by atoms with E-state index in [1.54, 1.807) is 18.2 Å². The molecule has 0 saturated heterocycles. The predicted octanol–water partition coefficient (Wildman–Crippen LogP) is 4.30. The molecule has 0 atom stereocenters. The molecule has 0 radical (unpaired) electrons. The Kier molecular flexibility index (Phi) is 5.36. The molecule has 0 fully saturated rings. The molecule has 27 heavy (non-hydrogen) atoms. The minimum Gasteiger partial charge on any atom is -0.493 e. The fourth-order valence-corrected chi connectivity index (χ4v) is 3.94. The van der Waals surface area contributed by atoms with Crippen LogP contribution in [0.2, 0.25) is 0 Å². The number of methoxy groups -OCH3 is 1. The van der Waals surface area contributed by atoms with Gasteiger partial charge >= 0.3 is 16.7 Å². The van der Waals surface area contributed by atoms with Crippen molar-refractivity contribution in [1.29, 1.82) is 0 Å². The standard InChI is InChI=1S/C19H18F2O5S/c1-12-3-8-17(18(9-12)24-2)26-27(22,23)16-7-5-13-10-15(25-19(20)21)6-4-14(13)11-16/h3-4,6,8-11,19H,5,7H2,1-2H3. The van der Waals surface area contributed by atoms with Gasteiger partial charge < -0.3 is 13.7 Å². The summed E-state index contributed by atoms with van der Waals surface area (Å²) in [5.41, 5.74) is 2.27. The van der Waals surface area contributed by atoms with Crippen molar-refractivity contribution < 1.29 is 30.9 Å². The van der Waals surface area contributed by atoms with Crippen LogP contribution in [0, 0.1) is 6.92 Å². The van der Waals surface area contributed by atoms with Gasteiger partial charge in [-0.3, -0.25) is 0 Å².